The van der Waals surface area contributed by atoms with E-state index in [-0.39, 0.29) is 5.92 Å². The summed E-state index contributed by atoms with van der Waals surface area (Å²) in [5, 5.41) is 5.09. The van der Waals surface area contributed by atoms with Crippen molar-refractivity contribution in [2.45, 2.75) is 25.3 Å². The molecule has 3 nitrogen and oxygen atoms in total. The van der Waals surface area contributed by atoms with Crippen LogP contribution in [0.4, 0.5) is 0 Å². The van der Waals surface area contributed by atoms with Gasteiger partial charge in [-0.1, -0.05) is 158 Å². The molecule has 6 aromatic rings. The maximum atomic E-state index is 5.21. The van der Waals surface area contributed by atoms with Crippen LogP contribution < -0.4 is 0 Å². The van der Waals surface area contributed by atoms with Gasteiger partial charge in [-0.3, -0.25) is 4.99 Å². The van der Waals surface area contributed by atoms with E-state index in [2.05, 4.69) is 163 Å². The summed E-state index contributed by atoms with van der Waals surface area (Å²) in [7, 11) is 0. The molecular weight excluding hydrogens is 631 g/mol. The molecule has 0 amide bonds. The highest BCUT2D eigenvalue weighted by molar-refractivity contribution is 6.18. The van der Waals surface area contributed by atoms with Gasteiger partial charge in [0, 0.05) is 39.4 Å². The zero-order chi connectivity index (χ0) is 34.9. The van der Waals surface area contributed by atoms with E-state index in [1.807, 2.05) is 24.3 Å². The van der Waals surface area contributed by atoms with Crippen molar-refractivity contribution in [1.29, 1.82) is 0 Å². The molecule has 0 N–H and O–H groups in total. The summed E-state index contributed by atoms with van der Waals surface area (Å²) in [5.74, 6) is 1.36. The maximum absolute atomic E-state index is 5.21. The number of aromatic nitrogens is 1. The number of fused-ring (bicyclic) bond motifs is 5. The molecule has 3 aliphatic rings. The van der Waals surface area contributed by atoms with Gasteiger partial charge in [0.15, 0.2) is 5.84 Å². The van der Waals surface area contributed by atoms with Gasteiger partial charge in [-0.05, 0) is 64.6 Å². The second kappa shape index (κ2) is 13.8. The van der Waals surface area contributed by atoms with Crippen LogP contribution in [0.5, 0.6) is 0 Å². The highest BCUT2D eigenvalue weighted by atomic mass is 15.0. The molecule has 9 rings (SSSR count). The highest BCUT2D eigenvalue weighted by Gasteiger charge is 2.21. The van der Waals surface area contributed by atoms with E-state index in [9.17, 15) is 0 Å². The van der Waals surface area contributed by atoms with Gasteiger partial charge in [0.25, 0.3) is 0 Å². The molecule has 0 saturated heterocycles. The van der Waals surface area contributed by atoms with Crippen LogP contribution in [0.2, 0.25) is 0 Å². The van der Waals surface area contributed by atoms with E-state index >= 15 is 0 Å². The SMILES string of the molecule is C=C/C(=N\C(=N/Cc1ccc(C2C=CC(n3c4ccccc4c4ccccc43)=CC2)c2ccccc12)c1ccccc1)C1=C2C=CC=CC2CC=C1. The number of allylic oxidation sites excluding steroid dienone is 13. The highest BCUT2D eigenvalue weighted by Crippen LogP contribution is 2.38. The predicted molar refractivity (Wildman–Crippen MR) is 221 cm³/mol. The summed E-state index contributed by atoms with van der Waals surface area (Å²) in [5.41, 5.74) is 10.5. The van der Waals surface area contributed by atoms with E-state index in [4.69, 9.17) is 9.98 Å². The van der Waals surface area contributed by atoms with Gasteiger partial charge < -0.3 is 4.57 Å². The average Bonchev–Trinajstić information content (AvgIpc) is 3.55. The molecule has 0 bridgehead atoms. The Hall–Kier alpha value is -6.32. The topological polar surface area (TPSA) is 29.6 Å². The first-order valence-corrected chi connectivity index (χ1v) is 18.2. The Kier molecular flexibility index (Phi) is 8.38. The number of hydrogen-bond donors (Lipinski definition) is 0. The monoisotopic (exact) mass is 669 g/mol. The Bertz CT molecular complexity index is 2560. The Balaban J connectivity index is 1.05. The van der Waals surface area contributed by atoms with Crippen LogP contribution in [-0.2, 0) is 6.54 Å². The molecule has 1 heterocycles. The van der Waals surface area contributed by atoms with Gasteiger partial charge in [-0.15, -0.1) is 0 Å². The summed E-state index contributed by atoms with van der Waals surface area (Å²) in [6.07, 6.45) is 24.0. The molecular formula is C49H39N3. The summed E-state index contributed by atoms with van der Waals surface area (Å²) in [4.78, 5) is 10.4. The fraction of sp³-hybridized carbons (Fsp3) is 0.102. The molecule has 0 radical (unpaired) electrons. The van der Waals surface area contributed by atoms with Crippen molar-refractivity contribution in [3.05, 3.63) is 210 Å². The standard InChI is InChI=1S/C49H39N3/c1-2-46(43-24-14-18-34-15-6-7-19-39(34)43)51-49(36-16-4-3-5-17-36)50-33-37-29-32-41(42-21-9-8-20-40(37)42)35-27-30-38(31-28-35)52-47-25-12-10-22-44(47)45-23-11-13-26-48(45)52/h2-17,19-27,29-32,34-35H,1,18,28,33H2/b50-49-,51-46+. The van der Waals surface area contributed by atoms with Crippen molar-refractivity contribution in [2.75, 3.05) is 0 Å². The molecule has 1 aromatic heterocycles. The predicted octanol–water partition coefficient (Wildman–Crippen LogP) is 12.1. The van der Waals surface area contributed by atoms with E-state index in [1.165, 1.54) is 55.0 Å². The lowest BCUT2D eigenvalue weighted by molar-refractivity contribution is 0.775. The molecule has 0 spiro atoms. The van der Waals surface area contributed by atoms with Crippen molar-refractivity contribution in [3.8, 4) is 0 Å². The lowest BCUT2D eigenvalue weighted by Crippen LogP contribution is -2.13. The largest absolute Gasteiger partial charge is 0.310 e. The number of nitrogens with zero attached hydrogens (tertiary/aromatic N) is 3. The van der Waals surface area contributed by atoms with Crippen molar-refractivity contribution in [3.63, 3.8) is 0 Å². The number of amidine groups is 1. The molecule has 0 fully saturated rings. The normalized spacial score (nSPS) is 18.7. The van der Waals surface area contributed by atoms with Crippen LogP contribution in [0.25, 0.3) is 38.3 Å². The number of hydrogen-bond acceptors (Lipinski definition) is 1. The van der Waals surface area contributed by atoms with Gasteiger partial charge in [0.05, 0.1) is 23.3 Å². The second-order valence-electron chi connectivity index (χ2n) is 13.6. The molecule has 3 aliphatic carbocycles. The van der Waals surface area contributed by atoms with Gasteiger partial charge in [0.2, 0.25) is 0 Å². The molecule has 5 aromatic carbocycles. The Morgan fingerprint density at radius 3 is 2.12 bits per heavy atom. The van der Waals surface area contributed by atoms with Crippen LogP contribution in [0.3, 0.4) is 0 Å². The summed E-state index contributed by atoms with van der Waals surface area (Å²) >= 11 is 0. The van der Waals surface area contributed by atoms with Crippen LogP contribution in [0.1, 0.15) is 35.4 Å². The Labute approximate surface area is 305 Å². The molecule has 2 atom stereocenters. The summed E-state index contributed by atoms with van der Waals surface area (Å²) < 4.78 is 2.41. The number of para-hydroxylation sites is 2. The maximum Gasteiger partial charge on any atom is 0.155 e. The minimum atomic E-state index is 0.282. The third kappa shape index (κ3) is 5.75. The first-order chi connectivity index (χ1) is 25.8. The van der Waals surface area contributed by atoms with Crippen LogP contribution in [0.15, 0.2) is 204 Å². The lowest BCUT2D eigenvalue weighted by Gasteiger charge is -2.22. The zero-order valence-corrected chi connectivity index (χ0v) is 29.1. The fourth-order valence-electron chi connectivity index (χ4n) is 8.06. The Morgan fingerprint density at radius 1 is 0.673 bits per heavy atom. The van der Waals surface area contributed by atoms with Gasteiger partial charge in [-0.25, -0.2) is 4.99 Å². The van der Waals surface area contributed by atoms with Gasteiger partial charge >= 0.3 is 0 Å². The molecule has 250 valence electrons. The first-order valence-electron chi connectivity index (χ1n) is 18.2. The van der Waals surface area contributed by atoms with Crippen LogP contribution in [0, 0.1) is 5.92 Å². The van der Waals surface area contributed by atoms with Gasteiger partial charge in [0.1, 0.15) is 0 Å². The molecule has 0 saturated carbocycles. The second-order valence-corrected chi connectivity index (χ2v) is 13.6. The van der Waals surface area contributed by atoms with E-state index in [0.29, 0.717) is 18.3 Å². The Morgan fingerprint density at radius 2 is 1.38 bits per heavy atom. The lowest BCUT2D eigenvalue weighted by atomic mass is 9.82. The zero-order valence-electron chi connectivity index (χ0n) is 29.1. The van der Waals surface area contributed by atoms with Gasteiger partial charge in [-0.2, -0.15) is 0 Å². The molecule has 2 unspecified atom stereocenters. The first kappa shape index (κ1) is 31.6. The quantitative estimate of drug-likeness (QED) is 0.120. The summed E-state index contributed by atoms with van der Waals surface area (Å²) in [6, 6.07) is 41.1. The smallest absolute Gasteiger partial charge is 0.155 e. The van der Waals surface area contributed by atoms with Crippen molar-refractivity contribution >= 4 is 49.8 Å². The third-order valence-electron chi connectivity index (χ3n) is 10.6. The molecule has 3 heteroatoms. The van der Waals surface area contributed by atoms with Crippen LogP contribution >= 0.6 is 0 Å². The number of rotatable bonds is 7. The van der Waals surface area contributed by atoms with E-state index in [0.717, 1.165) is 29.7 Å². The van der Waals surface area contributed by atoms with E-state index in [1.54, 1.807) is 0 Å². The minimum Gasteiger partial charge on any atom is -0.310 e. The third-order valence-corrected chi connectivity index (χ3v) is 10.6. The van der Waals surface area contributed by atoms with Crippen LogP contribution in [-0.4, -0.2) is 16.1 Å². The van der Waals surface area contributed by atoms with E-state index < -0.39 is 0 Å². The van der Waals surface area contributed by atoms with Crippen molar-refractivity contribution in [2.24, 2.45) is 15.9 Å². The molecule has 0 aliphatic heterocycles. The minimum absolute atomic E-state index is 0.282. The average molecular weight is 670 g/mol. The summed E-state index contributed by atoms with van der Waals surface area (Å²) in [6.45, 7) is 4.69. The van der Waals surface area contributed by atoms with Crippen molar-refractivity contribution < 1.29 is 0 Å². The van der Waals surface area contributed by atoms with Crippen molar-refractivity contribution in [1.82, 2.24) is 4.57 Å². The fourth-order valence-corrected chi connectivity index (χ4v) is 8.06. The number of aliphatic imine (C=N–C) groups is 2. The number of benzene rings is 5. The molecule has 52 heavy (non-hydrogen) atoms.